The molecule has 1 saturated carbocycles. The van der Waals surface area contributed by atoms with E-state index in [1.165, 1.54) is 25.7 Å². The van der Waals surface area contributed by atoms with Crippen LogP contribution in [0.1, 0.15) is 58.3 Å². The van der Waals surface area contributed by atoms with E-state index in [0.717, 1.165) is 31.6 Å². The van der Waals surface area contributed by atoms with Crippen LogP contribution in [0.3, 0.4) is 0 Å². The normalized spacial score (nSPS) is 26.2. The van der Waals surface area contributed by atoms with Crippen molar-refractivity contribution in [3.63, 3.8) is 0 Å². The van der Waals surface area contributed by atoms with Gasteiger partial charge in [0.25, 0.3) is 0 Å². The van der Waals surface area contributed by atoms with E-state index in [1.54, 1.807) is 0 Å². The standard InChI is InChI=1S/C12H22O3/c1-2-3-4-5-10-6-8-11(9-7-10)15-12(13)14/h10-11H,2-9H2,1H3,(H,13,14)/t10-,11-. The number of hydrogen-bond acceptors (Lipinski definition) is 2. The van der Waals surface area contributed by atoms with Crippen molar-refractivity contribution in [2.24, 2.45) is 5.92 Å². The van der Waals surface area contributed by atoms with Crippen molar-refractivity contribution in [2.75, 3.05) is 0 Å². The molecule has 0 spiro atoms. The third-order valence-electron chi connectivity index (χ3n) is 3.28. The molecule has 0 aliphatic heterocycles. The quantitative estimate of drug-likeness (QED) is 0.559. The van der Waals surface area contributed by atoms with E-state index in [-0.39, 0.29) is 6.10 Å². The summed E-state index contributed by atoms with van der Waals surface area (Å²) in [5.74, 6) is 0.810. The van der Waals surface area contributed by atoms with Crippen molar-refractivity contribution < 1.29 is 14.6 Å². The molecule has 0 heterocycles. The van der Waals surface area contributed by atoms with Crippen molar-refractivity contribution in [1.29, 1.82) is 0 Å². The lowest BCUT2D eigenvalue weighted by molar-refractivity contribution is 0.0275. The Hall–Kier alpha value is -0.730. The molecule has 15 heavy (non-hydrogen) atoms. The van der Waals surface area contributed by atoms with Gasteiger partial charge in [-0.1, -0.05) is 32.6 Å². The summed E-state index contributed by atoms with van der Waals surface area (Å²) in [5, 5.41) is 8.48. The summed E-state index contributed by atoms with van der Waals surface area (Å²) in [4.78, 5) is 10.3. The first-order chi connectivity index (χ1) is 7.22. The maximum atomic E-state index is 10.3. The van der Waals surface area contributed by atoms with E-state index < -0.39 is 6.16 Å². The Bertz CT molecular complexity index is 183. The average molecular weight is 214 g/mol. The molecule has 0 amide bonds. The molecule has 0 unspecified atom stereocenters. The van der Waals surface area contributed by atoms with Crippen LogP contribution < -0.4 is 0 Å². The van der Waals surface area contributed by atoms with Crippen LogP contribution in [-0.4, -0.2) is 17.4 Å². The minimum Gasteiger partial charge on any atom is -0.450 e. The summed E-state index contributed by atoms with van der Waals surface area (Å²) < 4.78 is 4.78. The van der Waals surface area contributed by atoms with Gasteiger partial charge in [0.1, 0.15) is 6.10 Å². The molecule has 1 aliphatic rings. The van der Waals surface area contributed by atoms with Gasteiger partial charge in [0.2, 0.25) is 0 Å². The zero-order valence-electron chi connectivity index (χ0n) is 9.58. The van der Waals surface area contributed by atoms with Gasteiger partial charge in [-0.2, -0.15) is 0 Å². The van der Waals surface area contributed by atoms with E-state index >= 15 is 0 Å². The molecule has 1 fully saturated rings. The van der Waals surface area contributed by atoms with E-state index in [1.807, 2.05) is 0 Å². The van der Waals surface area contributed by atoms with Gasteiger partial charge in [-0.05, 0) is 31.6 Å². The first kappa shape index (κ1) is 12.3. The molecule has 1 rings (SSSR count). The highest BCUT2D eigenvalue weighted by Crippen LogP contribution is 2.29. The maximum absolute atomic E-state index is 10.3. The lowest BCUT2D eigenvalue weighted by Gasteiger charge is -2.27. The molecule has 0 aromatic rings. The van der Waals surface area contributed by atoms with E-state index in [4.69, 9.17) is 9.84 Å². The minimum atomic E-state index is -1.12. The van der Waals surface area contributed by atoms with Gasteiger partial charge < -0.3 is 9.84 Å². The highest BCUT2D eigenvalue weighted by molar-refractivity contribution is 5.57. The molecule has 1 N–H and O–H groups in total. The average Bonchev–Trinajstić information content (AvgIpc) is 2.20. The summed E-state index contributed by atoms with van der Waals surface area (Å²) in [6.07, 6.45) is 8.20. The highest BCUT2D eigenvalue weighted by atomic mass is 16.7. The third-order valence-corrected chi connectivity index (χ3v) is 3.28. The molecule has 1 aliphatic carbocycles. The van der Waals surface area contributed by atoms with Crippen LogP contribution in [0.5, 0.6) is 0 Å². The van der Waals surface area contributed by atoms with Crippen molar-refractivity contribution in [3.8, 4) is 0 Å². The summed E-state index contributed by atoms with van der Waals surface area (Å²) in [6.45, 7) is 2.22. The second kappa shape index (κ2) is 6.70. The molecule has 3 heteroatoms. The summed E-state index contributed by atoms with van der Waals surface area (Å²) in [7, 11) is 0. The monoisotopic (exact) mass is 214 g/mol. The second-order valence-corrected chi connectivity index (χ2v) is 4.52. The Morgan fingerprint density at radius 2 is 1.93 bits per heavy atom. The Morgan fingerprint density at radius 3 is 2.47 bits per heavy atom. The van der Waals surface area contributed by atoms with Crippen molar-refractivity contribution in [3.05, 3.63) is 0 Å². The Balaban J connectivity index is 2.10. The van der Waals surface area contributed by atoms with E-state index in [0.29, 0.717) is 0 Å². The summed E-state index contributed by atoms with van der Waals surface area (Å²) in [6, 6.07) is 0. The van der Waals surface area contributed by atoms with Crippen LogP contribution in [0.4, 0.5) is 4.79 Å². The Morgan fingerprint density at radius 1 is 1.27 bits per heavy atom. The first-order valence-corrected chi connectivity index (χ1v) is 6.12. The van der Waals surface area contributed by atoms with Crippen molar-refractivity contribution in [2.45, 2.75) is 64.4 Å². The van der Waals surface area contributed by atoms with Crippen LogP contribution in [0, 0.1) is 5.92 Å². The lowest BCUT2D eigenvalue weighted by atomic mass is 9.84. The van der Waals surface area contributed by atoms with Gasteiger partial charge >= 0.3 is 6.16 Å². The molecule has 0 saturated heterocycles. The zero-order chi connectivity index (χ0) is 11.1. The van der Waals surface area contributed by atoms with Gasteiger partial charge in [0.05, 0.1) is 0 Å². The minimum absolute atomic E-state index is 0.0371. The van der Waals surface area contributed by atoms with Crippen LogP contribution in [-0.2, 0) is 4.74 Å². The fourth-order valence-electron chi connectivity index (χ4n) is 2.36. The van der Waals surface area contributed by atoms with Crippen LogP contribution >= 0.6 is 0 Å². The molecule has 0 atom stereocenters. The largest absolute Gasteiger partial charge is 0.506 e. The van der Waals surface area contributed by atoms with Gasteiger partial charge in [0, 0.05) is 0 Å². The van der Waals surface area contributed by atoms with Crippen molar-refractivity contribution >= 4 is 6.16 Å². The smallest absolute Gasteiger partial charge is 0.450 e. The zero-order valence-corrected chi connectivity index (χ0v) is 9.58. The van der Waals surface area contributed by atoms with Gasteiger partial charge in [0.15, 0.2) is 0 Å². The van der Waals surface area contributed by atoms with Gasteiger partial charge in [-0.15, -0.1) is 0 Å². The van der Waals surface area contributed by atoms with Crippen LogP contribution in [0.15, 0.2) is 0 Å². The predicted molar refractivity (Wildman–Crippen MR) is 59.0 cm³/mol. The van der Waals surface area contributed by atoms with Crippen LogP contribution in [0.2, 0.25) is 0 Å². The fraction of sp³-hybridized carbons (Fsp3) is 0.917. The molecule has 3 nitrogen and oxygen atoms in total. The number of ether oxygens (including phenoxy) is 1. The fourth-order valence-corrected chi connectivity index (χ4v) is 2.36. The van der Waals surface area contributed by atoms with Gasteiger partial charge in [-0.3, -0.25) is 0 Å². The topological polar surface area (TPSA) is 46.5 Å². The Labute approximate surface area is 91.8 Å². The predicted octanol–water partition coefficient (Wildman–Crippen LogP) is 3.82. The lowest BCUT2D eigenvalue weighted by Crippen LogP contribution is -2.23. The summed E-state index contributed by atoms with van der Waals surface area (Å²) >= 11 is 0. The molecule has 0 radical (unpaired) electrons. The first-order valence-electron chi connectivity index (χ1n) is 6.12. The molecule has 88 valence electrons. The Kier molecular flexibility index (Phi) is 5.51. The number of carbonyl (C=O) groups is 1. The molecule has 0 aromatic heterocycles. The molecule has 0 aromatic carbocycles. The molecular formula is C12H22O3. The molecule has 0 bridgehead atoms. The maximum Gasteiger partial charge on any atom is 0.506 e. The summed E-state index contributed by atoms with van der Waals surface area (Å²) in [5.41, 5.74) is 0. The number of unbranched alkanes of at least 4 members (excludes halogenated alkanes) is 2. The molecular weight excluding hydrogens is 192 g/mol. The van der Waals surface area contributed by atoms with Gasteiger partial charge in [-0.25, -0.2) is 4.79 Å². The highest BCUT2D eigenvalue weighted by Gasteiger charge is 2.23. The SMILES string of the molecule is CCCCC[C@H]1CC[C@H](OC(=O)O)CC1. The third kappa shape index (κ3) is 5.05. The van der Waals surface area contributed by atoms with Crippen molar-refractivity contribution in [1.82, 2.24) is 0 Å². The van der Waals surface area contributed by atoms with E-state index in [2.05, 4.69) is 6.92 Å². The number of carboxylic acid groups (broad SMARTS) is 1. The number of hydrogen-bond donors (Lipinski definition) is 1. The van der Waals surface area contributed by atoms with E-state index in [9.17, 15) is 4.79 Å². The second-order valence-electron chi connectivity index (χ2n) is 4.52. The number of rotatable bonds is 5. The van der Waals surface area contributed by atoms with Crippen LogP contribution in [0.25, 0.3) is 0 Å².